The van der Waals surface area contributed by atoms with Gasteiger partial charge in [-0.1, -0.05) is 56.1 Å². The fourth-order valence-electron chi connectivity index (χ4n) is 4.59. The summed E-state index contributed by atoms with van der Waals surface area (Å²) in [6, 6.07) is 15.6. The predicted molar refractivity (Wildman–Crippen MR) is 169 cm³/mol. The van der Waals surface area contributed by atoms with Crippen molar-refractivity contribution in [2.75, 3.05) is 24.5 Å². The Morgan fingerprint density at radius 2 is 1.75 bits per heavy atom. The molecule has 236 valence electrons. The molecule has 1 N–H and O–H groups in total. The molecule has 3 rings (SSSR count). The van der Waals surface area contributed by atoms with Gasteiger partial charge in [0.05, 0.1) is 22.6 Å². The van der Waals surface area contributed by atoms with Gasteiger partial charge in [0.15, 0.2) is 0 Å². The maximum atomic E-state index is 14.2. The lowest BCUT2D eigenvalue weighted by Gasteiger charge is -2.33. The minimum Gasteiger partial charge on any atom is -0.497 e. The molecule has 44 heavy (non-hydrogen) atoms. The standard InChI is InChI=1S/C31H37ClN4O7S/c1-5-7-18-33-31(38)28(6-2)34(20-23-10-8-9-11-27(23)32)30(37)21-35(24-13-15-25(43-4)16-14-24)44(41,42)26-17-12-22(3)29(19-26)36(39)40/h8-17,19,28H,5-7,18,20-21H2,1-4H3,(H,33,38). The molecule has 13 heteroatoms. The van der Waals surface area contributed by atoms with Crippen molar-refractivity contribution >= 4 is 44.8 Å². The fourth-order valence-corrected chi connectivity index (χ4v) is 6.22. The Balaban J connectivity index is 2.11. The quantitative estimate of drug-likeness (QED) is 0.131. The van der Waals surface area contributed by atoms with Crippen LogP contribution >= 0.6 is 11.6 Å². The highest BCUT2D eigenvalue weighted by Crippen LogP contribution is 2.30. The van der Waals surface area contributed by atoms with Gasteiger partial charge in [-0.15, -0.1) is 0 Å². The number of benzene rings is 3. The van der Waals surface area contributed by atoms with Crippen LogP contribution in [0, 0.1) is 17.0 Å². The number of rotatable bonds is 15. The average molecular weight is 645 g/mol. The first-order chi connectivity index (χ1) is 20.9. The van der Waals surface area contributed by atoms with E-state index in [0.717, 1.165) is 23.2 Å². The van der Waals surface area contributed by atoms with Crippen LogP contribution in [-0.4, -0.2) is 56.3 Å². The summed E-state index contributed by atoms with van der Waals surface area (Å²) in [5, 5.41) is 14.9. The highest BCUT2D eigenvalue weighted by atomic mass is 35.5. The number of anilines is 1. The van der Waals surface area contributed by atoms with Crippen LogP contribution in [0.1, 0.15) is 44.2 Å². The van der Waals surface area contributed by atoms with Gasteiger partial charge in [0.25, 0.3) is 15.7 Å². The van der Waals surface area contributed by atoms with Crippen molar-refractivity contribution in [3.63, 3.8) is 0 Å². The topological polar surface area (TPSA) is 139 Å². The first-order valence-corrected chi connectivity index (χ1v) is 16.0. The summed E-state index contributed by atoms with van der Waals surface area (Å²) in [4.78, 5) is 39.4. The number of hydrogen-bond donors (Lipinski definition) is 1. The fraction of sp³-hybridized carbons (Fsp3) is 0.355. The van der Waals surface area contributed by atoms with Gasteiger partial charge in [-0.25, -0.2) is 8.42 Å². The van der Waals surface area contributed by atoms with E-state index in [0.29, 0.717) is 22.9 Å². The Morgan fingerprint density at radius 3 is 2.34 bits per heavy atom. The zero-order chi connectivity index (χ0) is 32.4. The van der Waals surface area contributed by atoms with E-state index in [4.69, 9.17) is 16.3 Å². The van der Waals surface area contributed by atoms with Gasteiger partial charge in [-0.2, -0.15) is 0 Å². The lowest BCUT2D eigenvalue weighted by atomic mass is 10.1. The van der Waals surface area contributed by atoms with Crippen LogP contribution in [0.5, 0.6) is 5.75 Å². The number of aryl methyl sites for hydroxylation is 1. The molecule has 0 aliphatic carbocycles. The second-order valence-corrected chi connectivity index (χ2v) is 12.4. The van der Waals surface area contributed by atoms with Crippen LogP contribution in [0.25, 0.3) is 0 Å². The number of unbranched alkanes of at least 4 members (excludes halogenated alkanes) is 1. The third-order valence-electron chi connectivity index (χ3n) is 7.12. The molecule has 0 fully saturated rings. The van der Waals surface area contributed by atoms with E-state index < -0.39 is 33.4 Å². The number of amides is 2. The maximum Gasteiger partial charge on any atom is 0.273 e. The van der Waals surface area contributed by atoms with Gasteiger partial charge in [-0.05, 0) is 61.7 Å². The van der Waals surface area contributed by atoms with Crippen molar-refractivity contribution in [3.8, 4) is 5.75 Å². The number of nitrogens with one attached hydrogen (secondary N) is 1. The molecule has 2 amide bonds. The molecular weight excluding hydrogens is 608 g/mol. The summed E-state index contributed by atoms with van der Waals surface area (Å²) in [7, 11) is -3.05. The summed E-state index contributed by atoms with van der Waals surface area (Å²) in [6.07, 6.45) is 1.88. The molecule has 0 saturated heterocycles. The molecule has 0 spiro atoms. The highest BCUT2D eigenvalue weighted by molar-refractivity contribution is 7.92. The van der Waals surface area contributed by atoms with E-state index >= 15 is 0 Å². The van der Waals surface area contributed by atoms with Gasteiger partial charge in [0.2, 0.25) is 11.8 Å². The van der Waals surface area contributed by atoms with Gasteiger partial charge in [-0.3, -0.25) is 24.0 Å². The molecule has 11 nitrogen and oxygen atoms in total. The second-order valence-electron chi connectivity index (χ2n) is 10.1. The Labute approximate surface area is 263 Å². The van der Waals surface area contributed by atoms with E-state index in [-0.39, 0.29) is 40.7 Å². The lowest BCUT2D eigenvalue weighted by Crippen LogP contribution is -2.52. The minimum atomic E-state index is -4.51. The van der Waals surface area contributed by atoms with Crippen molar-refractivity contribution in [2.45, 2.75) is 57.5 Å². The predicted octanol–water partition coefficient (Wildman–Crippen LogP) is 5.48. The zero-order valence-corrected chi connectivity index (χ0v) is 26.7. The number of methoxy groups -OCH3 is 1. The van der Waals surface area contributed by atoms with Crippen molar-refractivity contribution < 1.29 is 27.7 Å². The molecule has 1 atom stereocenters. The molecular formula is C31H37ClN4O7S. The number of halogens is 1. The smallest absolute Gasteiger partial charge is 0.273 e. The third kappa shape index (κ3) is 8.26. The van der Waals surface area contributed by atoms with Crippen LogP contribution in [-0.2, 0) is 26.2 Å². The number of carbonyl (C=O) groups is 2. The molecule has 0 aliphatic rings. The molecule has 3 aromatic carbocycles. The third-order valence-corrected chi connectivity index (χ3v) is 9.26. The summed E-state index contributed by atoms with van der Waals surface area (Å²) in [5.74, 6) is -0.573. The van der Waals surface area contributed by atoms with Crippen molar-refractivity contribution in [3.05, 3.63) is 93.0 Å². The normalized spacial score (nSPS) is 11.8. The Hall–Kier alpha value is -4.16. The van der Waals surface area contributed by atoms with Crippen molar-refractivity contribution in [1.82, 2.24) is 10.2 Å². The van der Waals surface area contributed by atoms with Crippen LogP contribution in [0.2, 0.25) is 5.02 Å². The molecule has 3 aromatic rings. The van der Waals surface area contributed by atoms with Crippen molar-refractivity contribution in [1.29, 1.82) is 0 Å². The van der Waals surface area contributed by atoms with Gasteiger partial charge < -0.3 is 15.0 Å². The minimum absolute atomic E-state index is 0.0509. The molecule has 0 heterocycles. The number of hydrogen-bond acceptors (Lipinski definition) is 7. The number of nitrogens with zero attached hydrogens (tertiary/aromatic N) is 3. The summed E-state index contributed by atoms with van der Waals surface area (Å²) in [6.45, 7) is 4.94. The van der Waals surface area contributed by atoms with Gasteiger partial charge in [0.1, 0.15) is 18.3 Å². The average Bonchev–Trinajstić information content (AvgIpc) is 3.00. The molecule has 0 radical (unpaired) electrons. The SMILES string of the molecule is CCCCNC(=O)C(CC)N(Cc1ccccc1Cl)C(=O)CN(c1ccc(OC)cc1)S(=O)(=O)c1ccc(C)c([N+](=O)[O-])c1. The summed E-state index contributed by atoms with van der Waals surface area (Å²) >= 11 is 6.43. The number of ether oxygens (including phenoxy) is 1. The van der Waals surface area contributed by atoms with Gasteiger partial charge in [0, 0.05) is 29.7 Å². The van der Waals surface area contributed by atoms with Crippen LogP contribution < -0.4 is 14.4 Å². The monoisotopic (exact) mass is 644 g/mol. The van der Waals surface area contributed by atoms with Gasteiger partial charge >= 0.3 is 0 Å². The molecule has 1 unspecified atom stereocenters. The maximum absolute atomic E-state index is 14.2. The van der Waals surface area contributed by atoms with Crippen LogP contribution in [0.3, 0.4) is 0 Å². The lowest BCUT2D eigenvalue weighted by molar-refractivity contribution is -0.385. The molecule has 0 aromatic heterocycles. The Morgan fingerprint density at radius 1 is 1.07 bits per heavy atom. The van der Waals surface area contributed by atoms with Crippen LogP contribution in [0.4, 0.5) is 11.4 Å². The molecule has 0 bridgehead atoms. The van der Waals surface area contributed by atoms with E-state index in [9.17, 15) is 28.1 Å². The zero-order valence-electron chi connectivity index (χ0n) is 25.2. The highest BCUT2D eigenvalue weighted by Gasteiger charge is 2.34. The first-order valence-electron chi connectivity index (χ1n) is 14.2. The number of nitro groups is 1. The summed E-state index contributed by atoms with van der Waals surface area (Å²) < 4.78 is 34.3. The molecule has 0 aliphatic heterocycles. The number of sulfonamides is 1. The number of carbonyl (C=O) groups excluding carboxylic acids is 2. The largest absolute Gasteiger partial charge is 0.497 e. The number of nitro benzene ring substituents is 1. The van der Waals surface area contributed by atoms with E-state index in [1.54, 1.807) is 31.2 Å². The molecule has 0 saturated carbocycles. The van der Waals surface area contributed by atoms with E-state index in [2.05, 4.69) is 5.32 Å². The first kappa shape index (κ1) is 34.3. The second kappa shape index (κ2) is 15.5. The van der Waals surface area contributed by atoms with E-state index in [1.165, 1.54) is 55.3 Å². The Bertz CT molecular complexity index is 1580. The van der Waals surface area contributed by atoms with E-state index in [1.807, 2.05) is 6.92 Å². The van der Waals surface area contributed by atoms with Crippen LogP contribution in [0.15, 0.2) is 71.6 Å². The van der Waals surface area contributed by atoms with Crippen molar-refractivity contribution in [2.24, 2.45) is 0 Å². The Kier molecular flexibility index (Phi) is 12.1. The summed E-state index contributed by atoms with van der Waals surface area (Å²) in [5.41, 5.74) is 0.616.